The van der Waals surface area contributed by atoms with Crippen LogP contribution in [-0.4, -0.2) is 90.5 Å². The summed E-state index contributed by atoms with van der Waals surface area (Å²) in [4.78, 5) is 23.9. The molecule has 0 aliphatic heterocycles. The SMILES string of the molecule is CC.CC.CC.CC.Cc1cn[nH]n1.Cc1cn[nH]n1.Cc1cn[nH]n1.Cc1ncoc1C.Cc1ncoc1C.Cc1ncsc1C.Cc1ncsc1C.Cc1nsc(C)n1.Cn1nccn1. The molecule has 9 rings (SSSR count). The molecule has 0 fully saturated rings. The van der Waals surface area contributed by atoms with Crippen LogP contribution in [0.3, 0.4) is 0 Å². The van der Waals surface area contributed by atoms with Crippen LogP contribution in [0.4, 0.5) is 0 Å². The van der Waals surface area contributed by atoms with Crippen molar-refractivity contribution in [1.29, 1.82) is 0 Å². The van der Waals surface area contributed by atoms with E-state index in [4.69, 9.17) is 8.83 Å². The normalized spacial score (nSPS) is 8.45. The van der Waals surface area contributed by atoms with E-state index in [0.717, 1.165) is 62.2 Å². The van der Waals surface area contributed by atoms with Gasteiger partial charge < -0.3 is 8.83 Å². The highest BCUT2D eigenvalue weighted by molar-refractivity contribution is 7.09. The number of nitrogens with one attached hydrogen (secondary N) is 3. The molecule has 0 radical (unpaired) electrons. The molecule has 67 heavy (non-hydrogen) atoms. The second-order valence-corrected chi connectivity index (χ2v) is 14.8. The lowest BCUT2D eigenvalue weighted by Gasteiger charge is -1.77. The summed E-state index contributed by atoms with van der Waals surface area (Å²) in [6.45, 7) is 41.3. The predicted octanol–water partition coefficient (Wildman–Crippen LogP) is 11.5. The molecule has 0 bridgehead atoms. The van der Waals surface area contributed by atoms with Gasteiger partial charge in [-0.3, -0.25) is 0 Å². The van der Waals surface area contributed by atoms with E-state index in [1.807, 2.05) is 143 Å². The Morgan fingerprint density at radius 3 is 0.896 bits per heavy atom. The number of aromatic amines is 3. The molecule has 0 unspecified atom stereocenters. The van der Waals surface area contributed by atoms with Crippen molar-refractivity contribution >= 4 is 34.2 Å². The Morgan fingerprint density at radius 1 is 0.478 bits per heavy atom. The quantitative estimate of drug-likeness (QED) is 0.128. The molecule has 9 aromatic rings. The summed E-state index contributed by atoms with van der Waals surface area (Å²) in [5.41, 5.74) is 10.8. The standard InChI is InChI=1S/2C5H7NO.2C5H7NS.C4H6N2S.4C3H5N3.4C2H6/c4*1-4-5(2)7-3-6-4;1-3-5-4(2)7-6-3;1-6-4-2-3-5-6;3*1-3-2-4-6-5-3;4*1-2/h4*3H,1-2H3;1-2H3;2-3H,1H3;3*2H,1H3,(H,4,5,6);4*1-2H3. The van der Waals surface area contributed by atoms with Gasteiger partial charge in [-0.15, -0.1) is 22.7 Å². The predicted molar refractivity (Wildman–Crippen MR) is 274 cm³/mol. The summed E-state index contributed by atoms with van der Waals surface area (Å²) >= 11 is 4.83. The van der Waals surface area contributed by atoms with Crippen LogP contribution < -0.4 is 0 Å². The third-order valence-corrected chi connectivity index (χ3v) is 9.14. The van der Waals surface area contributed by atoms with Crippen LogP contribution >= 0.6 is 34.2 Å². The molecule has 374 valence electrons. The minimum atomic E-state index is 0.877. The molecule has 20 nitrogen and oxygen atoms in total. The summed E-state index contributed by atoms with van der Waals surface area (Å²) < 4.78 is 13.7. The number of hydrogen-bond donors (Lipinski definition) is 3. The van der Waals surface area contributed by atoms with E-state index in [1.165, 1.54) is 38.9 Å². The maximum absolute atomic E-state index is 4.85. The maximum atomic E-state index is 4.85. The second kappa shape index (κ2) is 46.3. The number of thiazole rings is 2. The first-order valence-electron chi connectivity index (χ1n) is 21.6. The Bertz CT molecular complexity index is 1890. The van der Waals surface area contributed by atoms with Gasteiger partial charge in [-0.05, 0) is 102 Å². The largest absolute Gasteiger partial charge is 0.449 e. The van der Waals surface area contributed by atoms with Gasteiger partial charge in [-0.1, -0.05) is 55.4 Å². The Morgan fingerprint density at radius 2 is 0.821 bits per heavy atom. The average molecular weight is 987 g/mol. The Labute approximate surface area is 411 Å². The zero-order valence-electron chi connectivity index (χ0n) is 43.9. The molecule has 0 atom stereocenters. The molecule has 0 aliphatic rings. The lowest BCUT2D eigenvalue weighted by atomic mass is 10.4. The summed E-state index contributed by atoms with van der Waals surface area (Å²) in [6.07, 6.45) is 11.2. The highest BCUT2D eigenvalue weighted by atomic mass is 32.1. The Kier molecular flexibility index (Phi) is 46.6. The second-order valence-electron chi connectivity index (χ2n) is 11.7. The first kappa shape index (κ1) is 67.4. The molecule has 23 heteroatoms. The number of H-pyrrole nitrogens is 3. The number of hydrogen-bond acceptors (Lipinski definition) is 19. The first-order chi connectivity index (χ1) is 32.1. The zero-order chi connectivity index (χ0) is 52.0. The fourth-order valence-electron chi connectivity index (χ4n) is 2.90. The van der Waals surface area contributed by atoms with Crippen LogP contribution in [0.1, 0.15) is 127 Å². The van der Waals surface area contributed by atoms with Crippen molar-refractivity contribution in [3.05, 3.63) is 127 Å². The third-order valence-electron chi connectivity index (χ3n) is 6.71. The van der Waals surface area contributed by atoms with Crippen LogP contribution in [0.2, 0.25) is 0 Å². The van der Waals surface area contributed by atoms with Gasteiger partial charge in [-0.25, -0.2) is 24.9 Å². The van der Waals surface area contributed by atoms with Gasteiger partial charge in [0.2, 0.25) is 0 Å². The van der Waals surface area contributed by atoms with Gasteiger partial charge in [0.25, 0.3) is 0 Å². The molecule has 0 saturated carbocycles. The van der Waals surface area contributed by atoms with Crippen LogP contribution in [0, 0.1) is 90.0 Å². The third kappa shape index (κ3) is 39.9. The molecular weight excluding hydrogens is 909 g/mol. The zero-order valence-corrected chi connectivity index (χ0v) is 46.4. The van der Waals surface area contributed by atoms with Crippen LogP contribution in [0.5, 0.6) is 0 Å². The molecular formula is C44H78N18O2S3. The van der Waals surface area contributed by atoms with Crippen molar-refractivity contribution in [2.24, 2.45) is 7.05 Å². The van der Waals surface area contributed by atoms with E-state index in [0.29, 0.717) is 0 Å². The van der Waals surface area contributed by atoms with E-state index < -0.39 is 0 Å². The molecule has 0 amide bonds. The highest BCUT2D eigenvalue weighted by Crippen LogP contribution is 2.08. The number of nitrogens with zero attached hydrogens (tertiary/aromatic N) is 15. The molecule has 9 aromatic heterocycles. The number of aromatic nitrogens is 18. The lowest BCUT2D eigenvalue weighted by Crippen LogP contribution is -1.89. The first-order valence-corrected chi connectivity index (χ1v) is 24.1. The number of oxazole rings is 2. The van der Waals surface area contributed by atoms with Gasteiger partial charge in [0.05, 0.1) is 81.9 Å². The molecule has 0 saturated heterocycles. The smallest absolute Gasteiger partial charge is 0.181 e. The van der Waals surface area contributed by atoms with E-state index in [9.17, 15) is 0 Å². The van der Waals surface area contributed by atoms with Crippen molar-refractivity contribution in [2.45, 2.75) is 145 Å². The maximum Gasteiger partial charge on any atom is 0.181 e. The lowest BCUT2D eigenvalue weighted by molar-refractivity contribution is 0.525. The van der Waals surface area contributed by atoms with Crippen molar-refractivity contribution in [1.82, 2.24) is 90.5 Å². The fraction of sp³-hybridized carbons (Fsp3) is 0.500. The summed E-state index contributed by atoms with van der Waals surface area (Å²) in [7, 11) is 1.78. The van der Waals surface area contributed by atoms with Crippen LogP contribution in [0.25, 0.3) is 0 Å². The summed E-state index contributed by atoms with van der Waals surface area (Å²) in [5, 5.41) is 37.6. The van der Waals surface area contributed by atoms with E-state index in [-0.39, 0.29) is 0 Å². The molecule has 9 heterocycles. The Hall–Kier alpha value is -6.20. The minimum absolute atomic E-state index is 0.877. The fourth-order valence-corrected chi connectivity index (χ4v) is 4.56. The monoisotopic (exact) mass is 987 g/mol. The van der Waals surface area contributed by atoms with Gasteiger partial charge in [0.1, 0.15) is 22.4 Å². The highest BCUT2D eigenvalue weighted by Gasteiger charge is 1.92. The Balaban J connectivity index is -0.000000327. The molecule has 3 N–H and O–H groups in total. The summed E-state index contributed by atoms with van der Waals surface area (Å²) in [6, 6.07) is 0. The van der Waals surface area contributed by atoms with Crippen molar-refractivity contribution in [3.63, 3.8) is 0 Å². The van der Waals surface area contributed by atoms with Crippen LogP contribution in [0.15, 0.2) is 63.6 Å². The molecule has 0 spiro atoms. The molecule has 0 aromatic carbocycles. The van der Waals surface area contributed by atoms with Crippen LogP contribution in [-0.2, 0) is 7.05 Å². The van der Waals surface area contributed by atoms with E-state index >= 15 is 0 Å². The average Bonchev–Trinajstić information content (AvgIpc) is 4.18. The summed E-state index contributed by atoms with van der Waals surface area (Å²) in [5.74, 6) is 2.68. The van der Waals surface area contributed by atoms with Gasteiger partial charge >= 0.3 is 0 Å². The topological polar surface area (TPSA) is 259 Å². The molecule has 0 aliphatic carbocycles. The van der Waals surface area contributed by atoms with E-state index in [2.05, 4.69) is 99.6 Å². The number of rotatable bonds is 0. The number of aryl methyl sites for hydroxylation is 14. The van der Waals surface area contributed by atoms with Gasteiger partial charge in [0, 0.05) is 16.8 Å². The van der Waals surface area contributed by atoms with Crippen molar-refractivity contribution in [3.8, 4) is 0 Å². The van der Waals surface area contributed by atoms with Crippen molar-refractivity contribution < 1.29 is 8.83 Å². The van der Waals surface area contributed by atoms with Gasteiger partial charge in [0.15, 0.2) is 12.8 Å². The van der Waals surface area contributed by atoms with Gasteiger partial charge in [-0.2, -0.15) is 65.6 Å². The van der Waals surface area contributed by atoms with E-state index in [1.54, 1.807) is 60.7 Å². The minimum Gasteiger partial charge on any atom is -0.449 e. The van der Waals surface area contributed by atoms with Crippen molar-refractivity contribution in [2.75, 3.05) is 0 Å².